The van der Waals surface area contributed by atoms with E-state index in [0.29, 0.717) is 10.6 Å². The lowest BCUT2D eigenvalue weighted by molar-refractivity contribution is -0.139. The average molecular weight is 326 g/mol. The van der Waals surface area contributed by atoms with Crippen LogP contribution in [0.4, 0.5) is 17.6 Å². The van der Waals surface area contributed by atoms with Crippen molar-refractivity contribution in [3.8, 4) is 18.0 Å². The number of terminal acetylenes is 1. The topological polar surface area (TPSA) is 51.0 Å². The number of hydrogen-bond acceptors (Lipinski definition) is 3. The normalized spacial score (nSPS) is 11.1. The summed E-state index contributed by atoms with van der Waals surface area (Å²) in [6.45, 7) is -2.00. The molecule has 0 fully saturated rings. The van der Waals surface area contributed by atoms with E-state index in [-0.39, 0.29) is 5.69 Å². The van der Waals surface area contributed by atoms with Crippen LogP contribution in [0.15, 0.2) is 30.5 Å². The predicted molar refractivity (Wildman–Crippen MR) is 72.1 cm³/mol. The number of amides is 1. The van der Waals surface area contributed by atoms with Gasteiger partial charge in [0.05, 0.1) is 18.4 Å². The molecule has 0 aliphatic heterocycles. The highest BCUT2D eigenvalue weighted by molar-refractivity contribution is 5.92. The molecule has 1 aromatic carbocycles. The Bertz CT molecular complexity index is 730. The summed E-state index contributed by atoms with van der Waals surface area (Å²) in [5, 5.41) is 7.58. The van der Waals surface area contributed by atoms with Crippen LogP contribution in [-0.4, -0.2) is 45.1 Å². The van der Waals surface area contributed by atoms with Crippen LogP contribution >= 0.6 is 0 Å². The Morgan fingerprint density at radius 3 is 2.52 bits per heavy atom. The Labute approximate surface area is 128 Å². The van der Waals surface area contributed by atoms with E-state index in [1.807, 2.05) is 5.92 Å². The number of carbonyl (C=O) groups excluding carboxylic acids is 1. The molecular formula is C14H10F4N4O. The average Bonchev–Trinajstić information content (AvgIpc) is 2.95. The SMILES string of the molecule is C#CCN(CC(F)(F)F)C(=O)c1cnn(-c2ccc(F)cc2)n1. The van der Waals surface area contributed by atoms with E-state index >= 15 is 0 Å². The maximum Gasteiger partial charge on any atom is 0.406 e. The minimum Gasteiger partial charge on any atom is -0.317 e. The van der Waals surface area contributed by atoms with E-state index in [4.69, 9.17) is 6.42 Å². The highest BCUT2D eigenvalue weighted by Gasteiger charge is 2.33. The van der Waals surface area contributed by atoms with Gasteiger partial charge in [0.2, 0.25) is 0 Å². The van der Waals surface area contributed by atoms with Crippen molar-refractivity contribution in [3.63, 3.8) is 0 Å². The third kappa shape index (κ3) is 4.29. The number of hydrogen-bond donors (Lipinski definition) is 0. The Morgan fingerprint density at radius 1 is 1.30 bits per heavy atom. The minimum atomic E-state index is -4.58. The second-order valence-electron chi connectivity index (χ2n) is 4.48. The molecule has 120 valence electrons. The molecule has 0 N–H and O–H groups in total. The van der Waals surface area contributed by atoms with Crippen molar-refractivity contribution in [2.24, 2.45) is 0 Å². The van der Waals surface area contributed by atoms with Crippen LogP contribution in [0.5, 0.6) is 0 Å². The lowest BCUT2D eigenvalue weighted by Gasteiger charge is -2.20. The molecule has 0 radical (unpaired) electrons. The van der Waals surface area contributed by atoms with Gasteiger partial charge in [-0.05, 0) is 24.3 Å². The molecule has 0 saturated heterocycles. The lowest BCUT2D eigenvalue weighted by atomic mass is 10.3. The van der Waals surface area contributed by atoms with Crippen molar-refractivity contribution in [2.75, 3.05) is 13.1 Å². The summed E-state index contributed by atoms with van der Waals surface area (Å²) in [7, 11) is 0. The number of alkyl halides is 3. The summed E-state index contributed by atoms with van der Waals surface area (Å²) in [6.07, 6.45) is 1.42. The highest BCUT2D eigenvalue weighted by atomic mass is 19.4. The van der Waals surface area contributed by atoms with Crippen LogP contribution in [0, 0.1) is 18.2 Å². The predicted octanol–water partition coefficient (Wildman–Crippen LogP) is 2.04. The number of aromatic nitrogens is 3. The molecule has 2 aromatic rings. The van der Waals surface area contributed by atoms with Crippen LogP contribution in [0.1, 0.15) is 10.5 Å². The van der Waals surface area contributed by atoms with E-state index in [1.165, 1.54) is 12.1 Å². The van der Waals surface area contributed by atoms with Crippen molar-refractivity contribution in [2.45, 2.75) is 6.18 Å². The summed E-state index contributed by atoms with van der Waals surface area (Å²) in [5.41, 5.74) is 0.0543. The van der Waals surface area contributed by atoms with Gasteiger partial charge in [0.25, 0.3) is 5.91 Å². The molecule has 0 aliphatic rings. The monoisotopic (exact) mass is 326 g/mol. The number of halogens is 4. The van der Waals surface area contributed by atoms with Gasteiger partial charge >= 0.3 is 6.18 Å². The Balaban J connectivity index is 2.22. The maximum absolute atomic E-state index is 12.8. The summed E-state index contributed by atoms with van der Waals surface area (Å²) in [6, 6.07) is 5.04. The molecule has 0 spiro atoms. The second kappa shape index (κ2) is 6.48. The molecule has 9 heteroatoms. The van der Waals surface area contributed by atoms with E-state index in [0.717, 1.165) is 23.1 Å². The fourth-order valence-electron chi connectivity index (χ4n) is 1.75. The van der Waals surface area contributed by atoms with E-state index in [2.05, 4.69) is 10.2 Å². The van der Waals surface area contributed by atoms with Crippen molar-refractivity contribution < 1.29 is 22.4 Å². The summed E-state index contributed by atoms with van der Waals surface area (Å²) >= 11 is 0. The molecule has 0 unspecified atom stereocenters. The first-order chi connectivity index (χ1) is 10.8. The van der Waals surface area contributed by atoms with Crippen molar-refractivity contribution in [1.29, 1.82) is 0 Å². The quantitative estimate of drug-likeness (QED) is 0.638. The number of rotatable bonds is 4. The van der Waals surface area contributed by atoms with Crippen LogP contribution in [0.25, 0.3) is 5.69 Å². The number of nitrogens with zero attached hydrogens (tertiary/aromatic N) is 4. The maximum atomic E-state index is 12.8. The minimum absolute atomic E-state index is 0.297. The molecule has 23 heavy (non-hydrogen) atoms. The van der Waals surface area contributed by atoms with Crippen molar-refractivity contribution >= 4 is 5.91 Å². The molecule has 0 atom stereocenters. The largest absolute Gasteiger partial charge is 0.406 e. The smallest absolute Gasteiger partial charge is 0.317 e. The van der Waals surface area contributed by atoms with Gasteiger partial charge in [0.1, 0.15) is 12.4 Å². The van der Waals surface area contributed by atoms with Gasteiger partial charge in [-0.15, -0.1) is 11.5 Å². The van der Waals surface area contributed by atoms with Crippen LogP contribution < -0.4 is 0 Å². The summed E-state index contributed by atoms with van der Waals surface area (Å²) in [5.74, 6) is 0.532. The van der Waals surface area contributed by atoms with E-state index in [1.54, 1.807) is 0 Å². The zero-order chi connectivity index (χ0) is 17.0. The fraction of sp³-hybridized carbons (Fsp3) is 0.214. The highest BCUT2D eigenvalue weighted by Crippen LogP contribution is 2.17. The van der Waals surface area contributed by atoms with Crippen molar-refractivity contribution in [3.05, 3.63) is 42.0 Å². The van der Waals surface area contributed by atoms with E-state index in [9.17, 15) is 22.4 Å². The summed E-state index contributed by atoms with van der Waals surface area (Å²) in [4.78, 5) is 13.5. The van der Waals surface area contributed by atoms with Gasteiger partial charge in [-0.3, -0.25) is 4.79 Å². The molecule has 1 amide bonds. The molecule has 0 saturated carbocycles. The Morgan fingerprint density at radius 2 is 1.96 bits per heavy atom. The molecule has 1 aromatic heterocycles. The molecule has 0 aliphatic carbocycles. The first-order valence-corrected chi connectivity index (χ1v) is 6.28. The third-order valence-electron chi connectivity index (χ3n) is 2.71. The lowest BCUT2D eigenvalue weighted by Crippen LogP contribution is -2.39. The van der Waals surface area contributed by atoms with Gasteiger partial charge in [-0.1, -0.05) is 5.92 Å². The standard InChI is InChI=1S/C14H10F4N4O/c1-2-7-21(9-14(16,17)18)13(23)12-8-19-22(20-12)11-5-3-10(15)4-6-11/h1,3-6,8H,7,9H2. The van der Waals surface area contributed by atoms with Gasteiger partial charge in [-0.2, -0.15) is 23.1 Å². The first kappa shape index (κ1) is 16.5. The van der Waals surface area contributed by atoms with Crippen LogP contribution in [0.2, 0.25) is 0 Å². The van der Waals surface area contributed by atoms with Crippen LogP contribution in [0.3, 0.4) is 0 Å². The molecular weight excluding hydrogens is 316 g/mol. The molecule has 2 rings (SSSR count). The molecule has 0 bridgehead atoms. The third-order valence-corrected chi connectivity index (χ3v) is 2.71. The number of carbonyl (C=O) groups is 1. The zero-order valence-electron chi connectivity index (χ0n) is 11.6. The van der Waals surface area contributed by atoms with Gasteiger partial charge in [0, 0.05) is 0 Å². The van der Waals surface area contributed by atoms with Gasteiger partial charge in [-0.25, -0.2) is 4.39 Å². The van der Waals surface area contributed by atoms with E-state index < -0.39 is 31.0 Å². The molecule has 5 nitrogen and oxygen atoms in total. The van der Waals surface area contributed by atoms with Gasteiger partial charge in [0.15, 0.2) is 5.69 Å². The zero-order valence-corrected chi connectivity index (χ0v) is 11.6. The summed E-state index contributed by atoms with van der Waals surface area (Å²) < 4.78 is 50.3. The fourth-order valence-corrected chi connectivity index (χ4v) is 1.75. The molecule has 1 heterocycles. The Hall–Kier alpha value is -2.89. The van der Waals surface area contributed by atoms with Crippen molar-refractivity contribution in [1.82, 2.24) is 19.9 Å². The number of benzene rings is 1. The Kier molecular flexibility index (Phi) is 4.64. The van der Waals surface area contributed by atoms with Gasteiger partial charge < -0.3 is 4.90 Å². The second-order valence-corrected chi connectivity index (χ2v) is 4.48. The van der Waals surface area contributed by atoms with Crippen LogP contribution in [-0.2, 0) is 0 Å². The first-order valence-electron chi connectivity index (χ1n) is 6.28.